The normalized spacial score (nSPS) is 24.2. The molecular weight excluding hydrogens is 220 g/mol. The molecule has 0 aromatic carbocycles. The van der Waals surface area contributed by atoms with Crippen LogP contribution in [0.5, 0.6) is 0 Å². The summed E-state index contributed by atoms with van der Waals surface area (Å²) in [4.78, 5) is 6.22. The predicted molar refractivity (Wildman–Crippen MR) is 59.2 cm³/mol. The van der Waals surface area contributed by atoms with Crippen LogP contribution in [0.3, 0.4) is 0 Å². The Balaban J connectivity index is 1.95. The molecule has 3 heterocycles. The van der Waals surface area contributed by atoms with Crippen LogP contribution in [0.15, 0.2) is 35.1 Å². The quantitative estimate of drug-likeness (QED) is 0.824. The smallest absolute Gasteiger partial charge is 0.248 e. The van der Waals surface area contributed by atoms with Crippen molar-refractivity contribution < 1.29 is 9.63 Å². The number of aliphatic hydroxyl groups excluding tert-OH is 1. The fraction of sp³-hybridized carbons (Fsp3) is 0.364. The third-order valence-corrected chi connectivity index (χ3v) is 2.99. The summed E-state index contributed by atoms with van der Waals surface area (Å²) in [5, 5.41) is 17.2. The molecule has 3 rings (SSSR count). The molecule has 0 aliphatic carbocycles. The van der Waals surface area contributed by atoms with Crippen LogP contribution in [0.25, 0.3) is 0 Å². The third-order valence-electron chi connectivity index (χ3n) is 2.99. The minimum Gasteiger partial charge on any atom is -0.390 e. The first kappa shape index (κ1) is 10.2. The topological polar surface area (TPSA) is 75.3 Å². The summed E-state index contributed by atoms with van der Waals surface area (Å²) in [6.45, 7) is 0.708. The van der Waals surface area contributed by atoms with Crippen molar-refractivity contribution in [1.82, 2.24) is 15.4 Å². The zero-order valence-corrected chi connectivity index (χ0v) is 9.10. The van der Waals surface area contributed by atoms with Gasteiger partial charge in [0, 0.05) is 18.0 Å². The summed E-state index contributed by atoms with van der Waals surface area (Å²) < 4.78 is 5.04. The Morgan fingerprint density at radius 3 is 3.06 bits per heavy atom. The van der Waals surface area contributed by atoms with E-state index in [1.807, 2.05) is 23.1 Å². The van der Waals surface area contributed by atoms with Crippen LogP contribution >= 0.6 is 0 Å². The summed E-state index contributed by atoms with van der Waals surface area (Å²) in [6.07, 6.45) is 3.50. The van der Waals surface area contributed by atoms with Gasteiger partial charge >= 0.3 is 0 Å². The molecule has 0 spiro atoms. The van der Waals surface area contributed by atoms with E-state index in [1.54, 1.807) is 12.4 Å². The number of pyridine rings is 1. The minimum absolute atomic E-state index is 0.189. The highest BCUT2D eigenvalue weighted by atomic mass is 16.5. The summed E-state index contributed by atoms with van der Waals surface area (Å²) in [7, 11) is 0. The second-order valence-electron chi connectivity index (χ2n) is 4.00. The van der Waals surface area contributed by atoms with E-state index in [-0.39, 0.29) is 6.04 Å². The van der Waals surface area contributed by atoms with E-state index < -0.39 is 6.10 Å². The van der Waals surface area contributed by atoms with E-state index in [0.29, 0.717) is 18.8 Å². The van der Waals surface area contributed by atoms with Crippen molar-refractivity contribution >= 4 is 5.88 Å². The van der Waals surface area contributed by atoms with Gasteiger partial charge in [0.2, 0.25) is 5.88 Å². The Morgan fingerprint density at radius 1 is 1.41 bits per heavy atom. The zero-order chi connectivity index (χ0) is 11.7. The van der Waals surface area contributed by atoms with Crippen LogP contribution in [-0.2, 0) is 0 Å². The highest BCUT2D eigenvalue weighted by Crippen LogP contribution is 2.34. The van der Waals surface area contributed by atoms with Crippen molar-refractivity contribution in [3.63, 3.8) is 0 Å². The van der Waals surface area contributed by atoms with Crippen molar-refractivity contribution in [2.24, 2.45) is 0 Å². The molecule has 0 saturated carbocycles. The van der Waals surface area contributed by atoms with Crippen molar-refractivity contribution in [1.29, 1.82) is 0 Å². The van der Waals surface area contributed by atoms with Crippen molar-refractivity contribution in [3.05, 3.63) is 36.3 Å². The Hall–Kier alpha value is -1.95. The van der Waals surface area contributed by atoms with Gasteiger partial charge in [0.15, 0.2) is 0 Å². The van der Waals surface area contributed by atoms with Gasteiger partial charge < -0.3 is 14.5 Å². The van der Waals surface area contributed by atoms with Crippen LogP contribution in [0.4, 0.5) is 5.88 Å². The molecule has 17 heavy (non-hydrogen) atoms. The maximum absolute atomic E-state index is 10.0. The van der Waals surface area contributed by atoms with E-state index >= 15 is 0 Å². The molecule has 1 aliphatic heterocycles. The Kier molecular flexibility index (Phi) is 2.49. The summed E-state index contributed by atoms with van der Waals surface area (Å²) in [5.74, 6) is 0.567. The number of aromatic nitrogens is 3. The number of aliphatic hydroxyl groups is 1. The molecule has 2 atom stereocenters. The number of rotatable bonds is 2. The fourth-order valence-electron chi connectivity index (χ4n) is 2.22. The van der Waals surface area contributed by atoms with E-state index in [4.69, 9.17) is 4.52 Å². The van der Waals surface area contributed by atoms with Gasteiger partial charge in [-0.3, -0.25) is 4.98 Å². The Bertz CT molecular complexity index is 473. The second kappa shape index (κ2) is 4.14. The second-order valence-corrected chi connectivity index (χ2v) is 4.00. The molecule has 2 aromatic rings. The van der Waals surface area contributed by atoms with Crippen molar-refractivity contribution in [2.75, 3.05) is 11.4 Å². The molecule has 1 fully saturated rings. The average Bonchev–Trinajstić information content (AvgIpc) is 2.98. The molecule has 0 bridgehead atoms. The maximum Gasteiger partial charge on any atom is 0.248 e. The largest absolute Gasteiger partial charge is 0.390 e. The predicted octanol–water partition coefficient (Wildman–Crippen LogP) is 0.777. The molecule has 1 saturated heterocycles. The number of hydrogen-bond donors (Lipinski definition) is 1. The van der Waals surface area contributed by atoms with Gasteiger partial charge in [-0.2, -0.15) is 0 Å². The summed E-state index contributed by atoms with van der Waals surface area (Å²) in [5.41, 5.74) is 0.828. The van der Waals surface area contributed by atoms with Crippen LogP contribution in [0.2, 0.25) is 0 Å². The van der Waals surface area contributed by atoms with Gasteiger partial charge in [-0.1, -0.05) is 6.07 Å². The number of nitrogens with zero attached hydrogens (tertiary/aromatic N) is 4. The molecule has 88 valence electrons. The van der Waals surface area contributed by atoms with Gasteiger partial charge in [-0.05, 0) is 18.6 Å². The van der Waals surface area contributed by atoms with Crippen LogP contribution in [-0.4, -0.2) is 33.1 Å². The van der Waals surface area contributed by atoms with Gasteiger partial charge in [0.05, 0.1) is 11.8 Å². The Labute approximate surface area is 97.9 Å². The molecular formula is C11H12N4O2. The highest BCUT2D eigenvalue weighted by molar-refractivity contribution is 5.38. The fourth-order valence-corrected chi connectivity index (χ4v) is 2.22. The molecule has 6 heteroatoms. The summed E-state index contributed by atoms with van der Waals surface area (Å²) >= 11 is 0. The summed E-state index contributed by atoms with van der Waals surface area (Å²) in [6, 6.07) is 5.47. The standard InChI is InChI=1S/C11H12N4O2/c16-9-4-6-15(10-7-13-14-17-10)11(9)8-3-1-2-5-12-8/h1-3,5,7,9,11,16H,4,6H2. The lowest BCUT2D eigenvalue weighted by Gasteiger charge is -2.24. The lowest BCUT2D eigenvalue weighted by Crippen LogP contribution is -2.27. The molecule has 6 nitrogen and oxygen atoms in total. The van der Waals surface area contributed by atoms with Crippen LogP contribution in [0, 0.1) is 0 Å². The molecule has 2 unspecified atom stereocenters. The van der Waals surface area contributed by atoms with Gasteiger partial charge in [-0.15, -0.1) is 5.10 Å². The highest BCUT2D eigenvalue weighted by Gasteiger charge is 2.36. The van der Waals surface area contributed by atoms with E-state index in [0.717, 1.165) is 5.69 Å². The van der Waals surface area contributed by atoms with Crippen molar-refractivity contribution in [2.45, 2.75) is 18.6 Å². The first-order valence-electron chi connectivity index (χ1n) is 5.49. The van der Waals surface area contributed by atoms with Gasteiger partial charge in [-0.25, -0.2) is 0 Å². The van der Waals surface area contributed by atoms with Crippen LogP contribution in [0.1, 0.15) is 18.2 Å². The van der Waals surface area contributed by atoms with E-state index in [1.165, 1.54) is 0 Å². The van der Waals surface area contributed by atoms with E-state index in [9.17, 15) is 5.11 Å². The monoisotopic (exact) mass is 232 g/mol. The van der Waals surface area contributed by atoms with Gasteiger partial charge in [0.25, 0.3) is 0 Å². The van der Waals surface area contributed by atoms with Gasteiger partial charge in [0.1, 0.15) is 12.2 Å². The van der Waals surface area contributed by atoms with Crippen LogP contribution < -0.4 is 4.90 Å². The first-order chi connectivity index (χ1) is 8.36. The van der Waals surface area contributed by atoms with E-state index in [2.05, 4.69) is 15.4 Å². The molecule has 0 amide bonds. The Morgan fingerprint density at radius 2 is 2.35 bits per heavy atom. The minimum atomic E-state index is -0.449. The first-order valence-corrected chi connectivity index (χ1v) is 5.49. The lowest BCUT2D eigenvalue weighted by atomic mass is 10.1. The molecule has 1 N–H and O–H groups in total. The maximum atomic E-state index is 10.0. The third kappa shape index (κ3) is 1.76. The number of hydrogen-bond acceptors (Lipinski definition) is 6. The number of anilines is 1. The molecule has 1 aliphatic rings. The molecule has 0 radical (unpaired) electrons. The lowest BCUT2D eigenvalue weighted by molar-refractivity contribution is 0.162. The van der Waals surface area contributed by atoms with Crippen molar-refractivity contribution in [3.8, 4) is 0 Å². The molecule has 2 aromatic heterocycles. The SMILES string of the molecule is OC1CCN(c2cnno2)C1c1ccccn1. The zero-order valence-electron chi connectivity index (χ0n) is 9.10. The average molecular weight is 232 g/mol.